The minimum atomic E-state index is -0.514. The molecule has 5 heteroatoms. The molecule has 2 aromatic heterocycles. The van der Waals surface area contributed by atoms with Crippen LogP contribution in [0.25, 0.3) is 0 Å². The van der Waals surface area contributed by atoms with E-state index in [0.717, 1.165) is 20.7 Å². The first-order chi connectivity index (χ1) is 8.19. The average molecular weight is 314 g/mol. The number of rotatable bonds is 4. The second kappa shape index (κ2) is 5.62. The van der Waals surface area contributed by atoms with Gasteiger partial charge in [-0.3, -0.25) is 4.98 Å². The van der Waals surface area contributed by atoms with Crippen LogP contribution in [0, 0.1) is 0 Å². The van der Waals surface area contributed by atoms with Crippen molar-refractivity contribution in [2.75, 3.05) is 7.11 Å². The van der Waals surface area contributed by atoms with E-state index in [1.54, 1.807) is 19.5 Å². The van der Waals surface area contributed by atoms with Gasteiger partial charge in [-0.15, -0.1) is 11.3 Å². The zero-order valence-electron chi connectivity index (χ0n) is 9.26. The van der Waals surface area contributed by atoms with Crippen molar-refractivity contribution in [2.24, 2.45) is 0 Å². The van der Waals surface area contributed by atoms with Gasteiger partial charge in [-0.25, -0.2) is 0 Å². The van der Waals surface area contributed by atoms with Gasteiger partial charge in [-0.1, -0.05) is 0 Å². The summed E-state index contributed by atoms with van der Waals surface area (Å²) in [7, 11) is 1.62. The standard InChI is InChI=1S/C12H12BrNO2S/c1-16-10-4-12(17-7-10)11(15)3-8-2-9(13)6-14-5-8/h2,4-7,11,15H,3H2,1H3. The smallest absolute Gasteiger partial charge is 0.129 e. The lowest BCUT2D eigenvalue weighted by atomic mass is 10.1. The summed E-state index contributed by atoms with van der Waals surface area (Å²) >= 11 is 4.86. The van der Waals surface area contributed by atoms with Crippen LogP contribution in [0.4, 0.5) is 0 Å². The van der Waals surface area contributed by atoms with E-state index < -0.39 is 6.10 Å². The molecule has 0 fully saturated rings. The van der Waals surface area contributed by atoms with E-state index in [0.29, 0.717) is 6.42 Å². The van der Waals surface area contributed by atoms with Crippen molar-refractivity contribution in [2.45, 2.75) is 12.5 Å². The maximum atomic E-state index is 10.1. The zero-order valence-corrected chi connectivity index (χ0v) is 11.7. The molecule has 0 radical (unpaired) electrons. The number of halogens is 1. The number of hydrogen-bond donors (Lipinski definition) is 1. The highest BCUT2D eigenvalue weighted by atomic mass is 79.9. The van der Waals surface area contributed by atoms with Crippen molar-refractivity contribution >= 4 is 27.3 Å². The lowest BCUT2D eigenvalue weighted by molar-refractivity contribution is 0.182. The Kier molecular flexibility index (Phi) is 4.15. The summed E-state index contributed by atoms with van der Waals surface area (Å²) in [5, 5.41) is 12.0. The van der Waals surface area contributed by atoms with Gasteiger partial charge in [0, 0.05) is 33.5 Å². The van der Waals surface area contributed by atoms with Crippen molar-refractivity contribution in [1.29, 1.82) is 0 Å². The molecule has 0 aliphatic rings. The van der Waals surface area contributed by atoms with Gasteiger partial charge >= 0.3 is 0 Å². The minimum Gasteiger partial charge on any atom is -0.496 e. The monoisotopic (exact) mass is 313 g/mol. The van der Waals surface area contributed by atoms with E-state index in [4.69, 9.17) is 4.74 Å². The summed E-state index contributed by atoms with van der Waals surface area (Å²) in [4.78, 5) is 4.98. The Morgan fingerprint density at radius 2 is 2.29 bits per heavy atom. The molecule has 3 nitrogen and oxygen atoms in total. The number of hydrogen-bond acceptors (Lipinski definition) is 4. The van der Waals surface area contributed by atoms with Gasteiger partial charge in [0.2, 0.25) is 0 Å². The number of nitrogens with zero attached hydrogens (tertiary/aromatic N) is 1. The Bertz CT molecular complexity index is 501. The predicted molar refractivity (Wildman–Crippen MR) is 71.5 cm³/mol. The fourth-order valence-electron chi connectivity index (χ4n) is 1.51. The molecule has 1 N–H and O–H groups in total. The summed E-state index contributed by atoms with van der Waals surface area (Å²) in [5.41, 5.74) is 0.999. The van der Waals surface area contributed by atoms with E-state index in [9.17, 15) is 5.11 Å². The molecule has 1 unspecified atom stereocenters. The van der Waals surface area contributed by atoms with Crippen LogP contribution in [0.2, 0.25) is 0 Å². The van der Waals surface area contributed by atoms with Crippen LogP contribution >= 0.6 is 27.3 Å². The van der Waals surface area contributed by atoms with Gasteiger partial charge in [0.05, 0.1) is 13.2 Å². The Balaban J connectivity index is 2.08. The highest BCUT2D eigenvalue weighted by molar-refractivity contribution is 9.10. The molecule has 2 aromatic rings. The molecular weight excluding hydrogens is 302 g/mol. The number of ether oxygens (including phenoxy) is 1. The fraction of sp³-hybridized carbons (Fsp3) is 0.250. The molecule has 1 atom stereocenters. The molecule has 0 bridgehead atoms. The number of aliphatic hydroxyl groups is 1. The van der Waals surface area contributed by atoms with Crippen molar-refractivity contribution in [3.05, 3.63) is 44.8 Å². The second-order valence-electron chi connectivity index (χ2n) is 3.62. The summed E-state index contributed by atoms with van der Waals surface area (Å²) in [5.74, 6) is 0.788. The second-order valence-corrected chi connectivity index (χ2v) is 5.48. The third kappa shape index (κ3) is 3.28. The molecule has 0 aromatic carbocycles. The largest absolute Gasteiger partial charge is 0.496 e. The highest BCUT2D eigenvalue weighted by Gasteiger charge is 2.12. The van der Waals surface area contributed by atoms with Crippen molar-refractivity contribution in [1.82, 2.24) is 4.98 Å². The number of aromatic nitrogens is 1. The van der Waals surface area contributed by atoms with E-state index >= 15 is 0 Å². The SMILES string of the molecule is COc1csc(C(O)Cc2cncc(Br)c2)c1. The lowest BCUT2D eigenvalue weighted by Crippen LogP contribution is -2.00. The summed E-state index contributed by atoms with van der Waals surface area (Å²) in [6.07, 6.45) is 3.53. The first kappa shape index (κ1) is 12.5. The molecule has 17 heavy (non-hydrogen) atoms. The molecule has 0 aliphatic carbocycles. The molecular formula is C12H12BrNO2S. The maximum absolute atomic E-state index is 10.1. The lowest BCUT2D eigenvalue weighted by Gasteiger charge is -2.08. The Hall–Kier alpha value is -0.910. The number of aliphatic hydroxyl groups excluding tert-OH is 1. The first-order valence-electron chi connectivity index (χ1n) is 5.09. The van der Waals surface area contributed by atoms with Gasteiger partial charge in [-0.05, 0) is 33.6 Å². The third-order valence-electron chi connectivity index (χ3n) is 2.35. The van der Waals surface area contributed by atoms with Crippen molar-refractivity contribution < 1.29 is 9.84 Å². The van der Waals surface area contributed by atoms with Crippen LogP contribution < -0.4 is 4.74 Å². The molecule has 0 amide bonds. The quantitative estimate of drug-likeness (QED) is 0.942. The van der Waals surface area contributed by atoms with Gasteiger partial charge in [-0.2, -0.15) is 0 Å². The Labute approximate surface area is 112 Å². The van der Waals surface area contributed by atoms with Crippen LogP contribution in [0.15, 0.2) is 34.4 Å². The summed E-state index contributed by atoms with van der Waals surface area (Å²) in [6, 6.07) is 3.82. The van der Waals surface area contributed by atoms with Gasteiger partial charge in [0.1, 0.15) is 5.75 Å². The molecule has 2 heterocycles. The summed E-state index contributed by atoms with van der Waals surface area (Å²) < 4.78 is 6.02. The van der Waals surface area contributed by atoms with E-state index in [1.807, 2.05) is 17.5 Å². The van der Waals surface area contributed by atoms with Crippen LogP contribution in [0.5, 0.6) is 5.75 Å². The molecule has 0 saturated heterocycles. The van der Waals surface area contributed by atoms with Gasteiger partial charge in [0.25, 0.3) is 0 Å². The molecule has 0 spiro atoms. The van der Waals surface area contributed by atoms with Crippen LogP contribution in [-0.2, 0) is 6.42 Å². The Morgan fingerprint density at radius 1 is 1.47 bits per heavy atom. The number of pyridine rings is 1. The van der Waals surface area contributed by atoms with Gasteiger partial charge < -0.3 is 9.84 Å². The predicted octanol–water partition coefficient (Wildman–Crippen LogP) is 3.19. The Morgan fingerprint density at radius 3 is 2.94 bits per heavy atom. The summed E-state index contributed by atoms with van der Waals surface area (Å²) in [6.45, 7) is 0. The van der Waals surface area contributed by atoms with Gasteiger partial charge in [0.15, 0.2) is 0 Å². The van der Waals surface area contributed by atoms with E-state index in [-0.39, 0.29) is 0 Å². The topological polar surface area (TPSA) is 42.4 Å². The average Bonchev–Trinajstić information content (AvgIpc) is 2.77. The molecule has 0 saturated carbocycles. The molecule has 2 rings (SSSR count). The fourth-order valence-corrected chi connectivity index (χ4v) is 2.76. The third-order valence-corrected chi connectivity index (χ3v) is 3.80. The maximum Gasteiger partial charge on any atom is 0.129 e. The van der Waals surface area contributed by atoms with Crippen LogP contribution in [-0.4, -0.2) is 17.2 Å². The highest BCUT2D eigenvalue weighted by Crippen LogP contribution is 2.29. The van der Waals surface area contributed by atoms with E-state index in [2.05, 4.69) is 20.9 Å². The van der Waals surface area contributed by atoms with Crippen LogP contribution in [0.1, 0.15) is 16.5 Å². The molecule has 0 aliphatic heterocycles. The number of methoxy groups -OCH3 is 1. The minimum absolute atomic E-state index is 0.514. The normalized spacial score (nSPS) is 12.4. The first-order valence-corrected chi connectivity index (χ1v) is 6.76. The van der Waals surface area contributed by atoms with Crippen molar-refractivity contribution in [3.63, 3.8) is 0 Å². The van der Waals surface area contributed by atoms with Crippen molar-refractivity contribution in [3.8, 4) is 5.75 Å². The number of thiophene rings is 1. The van der Waals surface area contributed by atoms with E-state index in [1.165, 1.54) is 11.3 Å². The molecule has 90 valence electrons. The van der Waals surface area contributed by atoms with Crippen LogP contribution in [0.3, 0.4) is 0 Å². The zero-order chi connectivity index (χ0) is 12.3.